The third kappa shape index (κ3) is 1.80. The van der Waals surface area contributed by atoms with Gasteiger partial charge in [-0.1, -0.05) is 52.3 Å². The van der Waals surface area contributed by atoms with E-state index >= 15 is 0 Å². The largest absolute Gasteiger partial charge is 0.0918 e. The maximum absolute atomic E-state index is 3.49. The second-order valence-corrected chi connectivity index (χ2v) is 3.40. The number of fused-ring (bicyclic) bond motifs is 1. The molecule has 2 heteroatoms. The molecular formula is C10H9BrZr. The van der Waals surface area contributed by atoms with Crippen molar-refractivity contribution in [2.24, 2.45) is 0 Å². The maximum atomic E-state index is 3.49. The zero-order chi connectivity index (χ0) is 7.68. The van der Waals surface area contributed by atoms with Gasteiger partial charge in [-0.3, -0.25) is 0 Å². The predicted octanol–water partition coefficient (Wildman–Crippen LogP) is 3.19. The van der Waals surface area contributed by atoms with Crippen molar-refractivity contribution in [3.63, 3.8) is 0 Å². The second kappa shape index (κ2) is 4.53. The molecule has 60 valence electrons. The van der Waals surface area contributed by atoms with Crippen LogP contribution in [-0.2, 0) is 26.2 Å². The number of hydrogen-bond acceptors (Lipinski definition) is 0. The van der Waals surface area contributed by atoms with Gasteiger partial charge in [0.05, 0.1) is 0 Å². The Kier molecular flexibility index (Phi) is 3.93. The van der Waals surface area contributed by atoms with Gasteiger partial charge in [0.2, 0.25) is 0 Å². The molecule has 0 aliphatic heterocycles. The SMILES string of the molecule is BrCC1C=Cc2ccccc21.[Zr]. The number of benzene rings is 1. The zero-order valence-corrected chi connectivity index (χ0v) is 10.7. The molecule has 0 aromatic heterocycles. The Labute approximate surface area is 100 Å². The summed E-state index contributed by atoms with van der Waals surface area (Å²) in [4.78, 5) is 0. The van der Waals surface area contributed by atoms with Gasteiger partial charge in [0.1, 0.15) is 0 Å². The summed E-state index contributed by atoms with van der Waals surface area (Å²) in [5, 5.41) is 1.03. The van der Waals surface area contributed by atoms with Gasteiger partial charge in [-0.2, -0.15) is 0 Å². The quantitative estimate of drug-likeness (QED) is 0.699. The number of alkyl halides is 1. The standard InChI is InChI=1S/C10H9Br.Zr/c11-7-9-6-5-8-3-1-2-4-10(8)9;/h1-6,9H,7H2;. The van der Waals surface area contributed by atoms with Crippen molar-refractivity contribution >= 4 is 22.0 Å². The smallest absolute Gasteiger partial charge is 0.0135 e. The molecule has 1 aliphatic rings. The van der Waals surface area contributed by atoms with E-state index in [1.807, 2.05) is 0 Å². The van der Waals surface area contributed by atoms with Crippen molar-refractivity contribution in [1.29, 1.82) is 0 Å². The van der Waals surface area contributed by atoms with Crippen LogP contribution in [0.25, 0.3) is 6.08 Å². The molecule has 1 atom stereocenters. The van der Waals surface area contributed by atoms with Gasteiger partial charge in [-0.25, -0.2) is 0 Å². The molecule has 0 amide bonds. The molecule has 0 nitrogen and oxygen atoms in total. The first-order chi connectivity index (χ1) is 5.42. The average molecular weight is 300 g/mol. The first-order valence-electron chi connectivity index (χ1n) is 3.75. The fraction of sp³-hybridized carbons (Fsp3) is 0.200. The Hall–Kier alpha value is 0.323. The van der Waals surface area contributed by atoms with Gasteiger partial charge < -0.3 is 0 Å². The van der Waals surface area contributed by atoms with Gasteiger partial charge in [0.25, 0.3) is 0 Å². The fourth-order valence-corrected chi connectivity index (χ4v) is 2.02. The third-order valence-corrected chi connectivity index (χ3v) is 2.77. The summed E-state index contributed by atoms with van der Waals surface area (Å²) in [6.45, 7) is 0. The fourth-order valence-electron chi connectivity index (χ4n) is 1.46. The van der Waals surface area contributed by atoms with Crippen molar-refractivity contribution in [2.45, 2.75) is 5.92 Å². The normalized spacial score (nSPS) is 18.6. The predicted molar refractivity (Wildman–Crippen MR) is 52.0 cm³/mol. The Bertz CT molecular complexity index is 294. The molecule has 1 aliphatic carbocycles. The van der Waals surface area contributed by atoms with Gasteiger partial charge in [-0.15, -0.1) is 0 Å². The van der Waals surface area contributed by atoms with Crippen LogP contribution in [0.5, 0.6) is 0 Å². The molecule has 1 unspecified atom stereocenters. The molecule has 0 fully saturated rings. The van der Waals surface area contributed by atoms with Crippen LogP contribution in [0.1, 0.15) is 17.0 Å². The summed E-state index contributed by atoms with van der Waals surface area (Å²) in [5.41, 5.74) is 2.82. The van der Waals surface area contributed by atoms with E-state index in [0.29, 0.717) is 5.92 Å². The van der Waals surface area contributed by atoms with E-state index in [1.165, 1.54) is 11.1 Å². The molecule has 0 heterocycles. The Morgan fingerprint density at radius 3 is 2.75 bits per heavy atom. The molecule has 0 radical (unpaired) electrons. The van der Waals surface area contributed by atoms with Crippen molar-refractivity contribution in [3.8, 4) is 0 Å². The van der Waals surface area contributed by atoms with Crippen LogP contribution in [0.15, 0.2) is 30.3 Å². The first kappa shape index (κ1) is 10.4. The first-order valence-corrected chi connectivity index (χ1v) is 4.87. The van der Waals surface area contributed by atoms with Gasteiger partial charge in [0.15, 0.2) is 0 Å². The molecule has 0 bridgehead atoms. The van der Waals surface area contributed by atoms with E-state index < -0.39 is 0 Å². The molecule has 0 spiro atoms. The van der Waals surface area contributed by atoms with Gasteiger partial charge in [-0.05, 0) is 11.1 Å². The van der Waals surface area contributed by atoms with Crippen LogP contribution in [-0.4, -0.2) is 5.33 Å². The van der Waals surface area contributed by atoms with Crippen molar-refractivity contribution in [3.05, 3.63) is 41.5 Å². The zero-order valence-electron chi connectivity index (χ0n) is 6.63. The average Bonchev–Trinajstić information content (AvgIpc) is 2.47. The number of allylic oxidation sites excluding steroid dienone is 1. The molecule has 1 aromatic rings. The Morgan fingerprint density at radius 1 is 1.25 bits per heavy atom. The summed E-state index contributed by atoms with van der Waals surface area (Å²) < 4.78 is 0. The Balaban J connectivity index is 0.000000720. The molecule has 1 aromatic carbocycles. The van der Waals surface area contributed by atoms with E-state index in [9.17, 15) is 0 Å². The van der Waals surface area contributed by atoms with Crippen molar-refractivity contribution < 1.29 is 26.2 Å². The van der Waals surface area contributed by atoms with Gasteiger partial charge in [0, 0.05) is 37.5 Å². The third-order valence-electron chi connectivity index (χ3n) is 2.07. The minimum Gasteiger partial charge on any atom is -0.0918 e. The molecule has 0 saturated carbocycles. The topological polar surface area (TPSA) is 0 Å². The van der Waals surface area contributed by atoms with E-state index in [0.717, 1.165) is 5.33 Å². The van der Waals surface area contributed by atoms with E-state index in [2.05, 4.69) is 52.3 Å². The van der Waals surface area contributed by atoms with Crippen LogP contribution < -0.4 is 0 Å². The monoisotopic (exact) mass is 298 g/mol. The minimum absolute atomic E-state index is 0. The van der Waals surface area contributed by atoms with Crippen LogP contribution in [0.4, 0.5) is 0 Å². The Morgan fingerprint density at radius 2 is 2.00 bits per heavy atom. The molecule has 2 rings (SSSR count). The molecular weight excluding hydrogens is 291 g/mol. The van der Waals surface area contributed by atoms with Crippen molar-refractivity contribution in [2.75, 3.05) is 5.33 Å². The summed E-state index contributed by atoms with van der Waals surface area (Å²) in [6.07, 6.45) is 4.45. The summed E-state index contributed by atoms with van der Waals surface area (Å²) in [5.74, 6) is 0.589. The molecule has 0 saturated heterocycles. The minimum atomic E-state index is 0. The summed E-state index contributed by atoms with van der Waals surface area (Å²) in [6, 6.07) is 8.54. The second-order valence-electron chi connectivity index (χ2n) is 2.75. The van der Waals surface area contributed by atoms with E-state index in [4.69, 9.17) is 0 Å². The van der Waals surface area contributed by atoms with E-state index in [1.54, 1.807) is 0 Å². The van der Waals surface area contributed by atoms with Crippen molar-refractivity contribution in [1.82, 2.24) is 0 Å². The summed E-state index contributed by atoms with van der Waals surface area (Å²) >= 11 is 3.49. The van der Waals surface area contributed by atoms with Gasteiger partial charge >= 0.3 is 0 Å². The van der Waals surface area contributed by atoms with Crippen LogP contribution in [0.3, 0.4) is 0 Å². The number of halogens is 1. The number of rotatable bonds is 1. The van der Waals surface area contributed by atoms with Crippen LogP contribution >= 0.6 is 15.9 Å². The molecule has 12 heavy (non-hydrogen) atoms. The summed E-state index contributed by atoms with van der Waals surface area (Å²) in [7, 11) is 0. The van der Waals surface area contributed by atoms with Crippen LogP contribution in [0, 0.1) is 0 Å². The number of hydrogen-bond donors (Lipinski definition) is 0. The molecule has 0 N–H and O–H groups in total. The van der Waals surface area contributed by atoms with E-state index in [-0.39, 0.29) is 26.2 Å². The maximum Gasteiger partial charge on any atom is 0.0135 e. The van der Waals surface area contributed by atoms with Crippen LogP contribution in [0.2, 0.25) is 0 Å².